The van der Waals surface area contributed by atoms with Crippen LogP contribution in [-0.2, 0) is 0 Å². The zero-order chi connectivity index (χ0) is 14.4. The number of aryl methyl sites for hydroxylation is 1. The molecule has 2 rings (SSSR count). The summed E-state index contributed by atoms with van der Waals surface area (Å²) in [5, 5.41) is 11.6. The molecule has 1 amide bonds. The Balaban J connectivity index is 2.23. The summed E-state index contributed by atoms with van der Waals surface area (Å²) in [6.45, 7) is 1.76. The minimum atomic E-state index is -0.228. The molecule has 2 N–H and O–H groups in total. The summed E-state index contributed by atoms with van der Waals surface area (Å²) in [7, 11) is 0. The number of hydrogen-bond donors (Lipinski definition) is 2. The Morgan fingerprint density at radius 2 is 1.85 bits per heavy atom. The van der Waals surface area contributed by atoms with Crippen molar-refractivity contribution in [2.24, 2.45) is 0 Å². The molecule has 20 heavy (non-hydrogen) atoms. The molecule has 0 aliphatic carbocycles. The molecule has 0 aliphatic heterocycles. The molecule has 2 aromatic rings. The van der Waals surface area contributed by atoms with Crippen molar-refractivity contribution in [3.05, 3.63) is 65.2 Å². The van der Waals surface area contributed by atoms with E-state index in [0.29, 0.717) is 11.1 Å². The molecule has 0 aromatic heterocycles. The lowest BCUT2D eigenvalue weighted by Crippen LogP contribution is -2.13. The number of nitrogens with one attached hydrogen (secondary N) is 1. The predicted octanol–water partition coefficient (Wildman–Crippen LogP) is 2.59. The van der Waals surface area contributed by atoms with Crippen molar-refractivity contribution in [2.45, 2.75) is 6.92 Å². The normalized spacial score (nSPS) is 9.50. The molecule has 0 bridgehead atoms. The fourth-order valence-corrected chi connectivity index (χ4v) is 1.76. The number of aliphatic hydroxyl groups is 1. The summed E-state index contributed by atoms with van der Waals surface area (Å²) in [4.78, 5) is 12.2. The number of carbonyl (C=O) groups is 1. The molecule has 0 fully saturated rings. The molecule has 0 saturated carbocycles. The van der Waals surface area contributed by atoms with Gasteiger partial charge in [0, 0.05) is 11.3 Å². The second kappa shape index (κ2) is 6.55. The maximum absolute atomic E-state index is 12.2. The van der Waals surface area contributed by atoms with Gasteiger partial charge in [-0.1, -0.05) is 41.7 Å². The van der Waals surface area contributed by atoms with E-state index in [1.54, 1.807) is 18.2 Å². The van der Waals surface area contributed by atoms with Gasteiger partial charge in [0.1, 0.15) is 6.61 Å². The van der Waals surface area contributed by atoms with E-state index in [9.17, 15) is 4.79 Å². The number of rotatable bonds is 2. The Labute approximate surface area is 118 Å². The Morgan fingerprint density at radius 3 is 2.55 bits per heavy atom. The van der Waals surface area contributed by atoms with Gasteiger partial charge in [-0.3, -0.25) is 4.79 Å². The molecule has 0 radical (unpaired) electrons. The highest BCUT2D eigenvalue weighted by molar-refractivity contribution is 6.05. The van der Waals surface area contributed by atoms with Gasteiger partial charge in [0.15, 0.2) is 0 Å². The van der Waals surface area contributed by atoms with E-state index in [1.165, 1.54) is 0 Å². The summed E-state index contributed by atoms with van der Waals surface area (Å²) in [5.41, 5.74) is 2.97. The van der Waals surface area contributed by atoms with E-state index >= 15 is 0 Å². The fraction of sp³-hybridized carbons (Fsp3) is 0.118. The summed E-state index contributed by atoms with van der Waals surface area (Å²) in [5.74, 6) is 5.12. The van der Waals surface area contributed by atoms with Crippen molar-refractivity contribution in [1.82, 2.24) is 0 Å². The van der Waals surface area contributed by atoms with E-state index in [1.807, 2.05) is 37.3 Å². The molecule has 0 atom stereocenters. The van der Waals surface area contributed by atoms with Crippen LogP contribution in [0, 0.1) is 18.8 Å². The van der Waals surface area contributed by atoms with Crippen LogP contribution in [0.15, 0.2) is 48.5 Å². The molecular formula is C17H15NO2. The first-order chi connectivity index (χ1) is 9.70. The van der Waals surface area contributed by atoms with E-state index in [2.05, 4.69) is 17.2 Å². The van der Waals surface area contributed by atoms with Crippen LogP contribution in [0.1, 0.15) is 21.5 Å². The standard InChI is InChI=1S/C17H15NO2/c1-13-8-10-15(11-9-13)18-17(20)16-7-3-2-5-14(16)6-4-12-19/h2-3,5,7-11,19H,12H2,1H3,(H,18,20). The van der Waals surface area contributed by atoms with Crippen LogP contribution in [0.4, 0.5) is 5.69 Å². The van der Waals surface area contributed by atoms with E-state index < -0.39 is 0 Å². The number of aliphatic hydroxyl groups excluding tert-OH is 1. The topological polar surface area (TPSA) is 49.3 Å². The molecule has 0 aliphatic rings. The quantitative estimate of drug-likeness (QED) is 0.820. The van der Waals surface area contributed by atoms with Gasteiger partial charge in [0.25, 0.3) is 5.91 Å². The molecule has 0 heterocycles. The maximum Gasteiger partial charge on any atom is 0.256 e. The lowest BCUT2D eigenvalue weighted by molar-refractivity contribution is 0.102. The smallest absolute Gasteiger partial charge is 0.256 e. The van der Waals surface area contributed by atoms with E-state index in [4.69, 9.17) is 5.11 Å². The van der Waals surface area contributed by atoms with Crippen molar-refractivity contribution >= 4 is 11.6 Å². The van der Waals surface area contributed by atoms with Crippen LogP contribution in [0.2, 0.25) is 0 Å². The molecule has 100 valence electrons. The lowest BCUT2D eigenvalue weighted by Gasteiger charge is -2.07. The van der Waals surface area contributed by atoms with Gasteiger partial charge in [-0.25, -0.2) is 0 Å². The third-order valence-electron chi connectivity index (χ3n) is 2.78. The Bertz CT molecular complexity index is 663. The summed E-state index contributed by atoms with van der Waals surface area (Å²) in [6.07, 6.45) is 0. The predicted molar refractivity (Wildman–Crippen MR) is 79.5 cm³/mol. The molecule has 0 saturated heterocycles. The molecule has 3 nitrogen and oxygen atoms in total. The van der Waals surface area contributed by atoms with Gasteiger partial charge in [-0.2, -0.15) is 0 Å². The third kappa shape index (κ3) is 3.47. The average Bonchev–Trinajstić information content (AvgIpc) is 2.47. The minimum Gasteiger partial charge on any atom is -0.384 e. The average molecular weight is 265 g/mol. The number of carbonyl (C=O) groups excluding carboxylic acids is 1. The van der Waals surface area contributed by atoms with Gasteiger partial charge in [0.2, 0.25) is 0 Å². The molecular weight excluding hydrogens is 250 g/mol. The van der Waals surface area contributed by atoms with Crippen LogP contribution >= 0.6 is 0 Å². The first-order valence-corrected chi connectivity index (χ1v) is 6.27. The minimum absolute atomic E-state index is 0.211. The molecule has 0 spiro atoms. The van der Waals surface area contributed by atoms with Crippen molar-refractivity contribution in [1.29, 1.82) is 0 Å². The van der Waals surface area contributed by atoms with Gasteiger partial charge < -0.3 is 10.4 Å². The highest BCUT2D eigenvalue weighted by Crippen LogP contribution is 2.13. The van der Waals surface area contributed by atoms with Crippen LogP contribution in [0.25, 0.3) is 0 Å². The van der Waals surface area contributed by atoms with Gasteiger partial charge in [-0.15, -0.1) is 0 Å². The van der Waals surface area contributed by atoms with Gasteiger partial charge in [-0.05, 0) is 31.2 Å². The zero-order valence-electron chi connectivity index (χ0n) is 11.2. The monoisotopic (exact) mass is 265 g/mol. The Morgan fingerprint density at radius 1 is 1.15 bits per heavy atom. The second-order valence-corrected chi connectivity index (χ2v) is 4.33. The molecule has 0 unspecified atom stereocenters. The van der Waals surface area contributed by atoms with Crippen molar-refractivity contribution < 1.29 is 9.90 Å². The first kappa shape index (κ1) is 13.9. The second-order valence-electron chi connectivity index (χ2n) is 4.33. The first-order valence-electron chi connectivity index (χ1n) is 6.27. The van der Waals surface area contributed by atoms with E-state index in [0.717, 1.165) is 11.3 Å². The zero-order valence-corrected chi connectivity index (χ0v) is 11.2. The SMILES string of the molecule is Cc1ccc(NC(=O)c2ccccc2C#CCO)cc1. The van der Waals surface area contributed by atoms with Crippen LogP contribution in [0.5, 0.6) is 0 Å². The van der Waals surface area contributed by atoms with Crippen LogP contribution < -0.4 is 5.32 Å². The maximum atomic E-state index is 12.2. The number of benzene rings is 2. The largest absolute Gasteiger partial charge is 0.384 e. The summed E-state index contributed by atoms with van der Waals surface area (Å²) in [6, 6.07) is 14.7. The summed E-state index contributed by atoms with van der Waals surface area (Å²) >= 11 is 0. The van der Waals surface area contributed by atoms with Crippen molar-refractivity contribution in [3.63, 3.8) is 0 Å². The fourth-order valence-electron chi connectivity index (χ4n) is 1.76. The third-order valence-corrected chi connectivity index (χ3v) is 2.78. The highest BCUT2D eigenvalue weighted by Gasteiger charge is 2.09. The summed E-state index contributed by atoms with van der Waals surface area (Å²) < 4.78 is 0. The number of hydrogen-bond acceptors (Lipinski definition) is 2. The molecule has 3 heteroatoms. The van der Waals surface area contributed by atoms with E-state index in [-0.39, 0.29) is 12.5 Å². The van der Waals surface area contributed by atoms with Crippen LogP contribution in [0.3, 0.4) is 0 Å². The van der Waals surface area contributed by atoms with Crippen molar-refractivity contribution in [2.75, 3.05) is 11.9 Å². The number of amides is 1. The number of anilines is 1. The lowest BCUT2D eigenvalue weighted by atomic mass is 10.1. The Hall–Kier alpha value is -2.57. The highest BCUT2D eigenvalue weighted by atomic mass is 16.2. The van der Waals surface area contributed by atoms with Crippen LogP contribution in [-0.4, -0.2) is 17.6 Å². The van der Waals surface area contributed by atoms with Crippen molar-refractivity contribution in [3.8, 4) is 11.8 Å². The van der Waals surface area contributed by atoms with Gasteiger partial charge in [0.05, 0.1) is 5.56 Å². The van der Waals surface area contributed by atoms with Gasteiger partial charge >= 0.3 is 0 Å². The Kier molecular flexibility index (Phi) is 4.54. The molecule has 2 aromatic carbocycles.